The molecule has 3 atom stereocenters. The number of rotatable bonds is 6. The number of ether oxygens (including phenoxy) is 1. The molecule has 0 spiro atoms. The Morgan fingerprint density at radius 3 is 2.67 bits per heavy atom. The van der Waals surface area contributed by atoms with Crippen LogP contribution in [0.2, 0.25) is 0 Å². The molecular weight excluding hydrogens is 268 g/mol. The maximum Gasteiger partial charge on any atom is 0.248 e. The Bertz CT molecular complexity index is 393. The lowest BCUT2D eigenvalue weighted by molar-refractivity contribution is -0.155. The zero-order chi connectivity index (χ0) is 15.5. The first kappa shape index (κ1) is 16.3. The molecule has 2 aliphatic rings. The van der Waals surface area contributed by atoms with Gasteiger partial charge >= 0.3 is 0 Å². The molecule has 2 aliphatic heterocycles. The number of nitrogens with one attached hydrogen (secondary N) is 1. The maximum atomic E-state index is 12.8. The van der Waals surface area contributed by atoms with Gasteiger partial charge in [0.05, 0.1) is 6.10 Å². The fraction of sp³-hybridized carbons (Fsp3) is 0.875. The van der Waals surface area contributed by atoms with Crippen LogP contribution in [0.5, 0.6) is 0 Å². The molecule has 2 fully saturated rings. The number of hydrogen-bond donors (Lipinski definition) is 1. The molecule has 0 aromatic rings. The molecule has 5 nitrogen and oxygen atoms in total. The second-order valence-corrected chi connectivity index (χ2v) is 6.40. The maximum absolute atomic E-state index is 12.8. The van der Waals surface area contributed by atoms with Crippen molar-refractivity contribution in [3.8, 4) is 0 Å². The Labute approximate surface area is 127 Å². The van der Waals surface area contributed by atoms with Crippen molar-refractivity contribution in [2.24, 2.45) is 0 Å². The lowest BCUT2D eigenvalue weighted by Crippen LogP contribution is -2.69. The van der Waals surface area contributed by atoms with E-state index in [9.17, 15) is 9.59 Å². The summed E-state index contributed by atoms with van der Waals surface area (Å²) in [5, 5.41) is 2.92. The highest BCUT2D eigenvalue weighted by Gasteiger charge is 2.46. The van der Waals surface area contributed by atoms with Crippen molar-refractivity contribution in [2.75, 3.05) is 13.2 Å². The third kappa shape index (κ3) is 3.39. The zero-order valence-electron chi connectivity index (χ0n) is 13.5. The summed E-state index contributed by atoms with van der Waals surface area (Å²) in [7, 11) is 0. The summed E-state index contributed by atoms with van der Waals surface area (Å²) >= 11 is 0. The van der Waals surface area contributed by atoms with Crippen LogP contribution in [-0.4, -0.2) is 47.6 Å². The Morgan fingerprint density at radius 2 is 2.10 bits per heavy atom. The average molecular weight is 296 g/mol. The minimum absolute atomic E-state index is 0.00635. The molecule has 2 saturated heterocycles. The molecule has 2 rings (SSSR count). The number of hydrogen-bond acceptors (Lipinski definition) is 3. The molecule has 0 radical (unpaired) electrons. The standard InChI is InChI=1S/C16H28N2O3/c1-4-7-13-14(19)17-16(3,5-2)15(20)18(13)10-9-12-8-6-11-21-12/h12-13H,4-11H2,1-3H3,(H,17,19). The minimum Gasteiger partial charge on any atom is -0.378 e. The molecule has 21 heavy (non-hydrogen) atoms. The molecule has 0 aromatic heterocycles. The first-order valence-electron chi connectivity index (χ1n) is 8.26. The summed E-state index contributed by atoms with van der Waals surface area (Å²) in [6.07, 6.45) is 5.49. The van der Waals surface area contributed by atoms with Gasteiger partial charge in [-0.15, -0.1) is 0 Å². The van der Waals surface area contributed by atoms with Gasteiger partial charge in [0.25, 0.3) is 0 Å². The molecule has 0 aliphatic carbocycles. The Balaban J connectivity index is 2.09. The van der Waals surface area contributed by atoms with E-state index in [0.717, 1.165) is 38.7 Å². The van der Waals surface area contributed by atoms with Gasteiger partial charge in [0.15, 0.2) is 0 Å². The quantitative estimate of drug-likeness (QED) is 0.814. The van der Waals surface area contributed by atoms with E-state index >= 15 is 0 Å². The first-order chi connectivity index (χ1) is 10.0. The van der Waals surface area contributed by atoms with E-state index < -0.39 is 5.54 Å². The number of carbonyl (C=O) groups is 2. The molecule has 2 heterocycles. The van der Waals surface area contributed by atoms with Gasteiger partial charge in [-0.3, -0.25) is 9.59 Å². The van der Waals surface area contributed by atoms with E-state index in [4.69, 9.17) is 4.74 Å². The molecule has 0 aromatic carbocycles. The van der Waals surface area contributed by atoms with E-state index in [1.165, 1.54) is 0 Å². The highest BCUT2D eigenvalue weighted by Crippen LogP contribution is 2.25. The van der Waals surface area contributed by atoms with Crippen LogP contribution < -0.4 is 5.32 Å². The van der Waals surface area contributed by atoms with Gasteiger partial charge in [-0.1, -0.05) is 20.3 Å². The SMILES string of the molecule is CCCC1C(=O)NC(C)(CC)C(=O)N1CCC1CCCO1. The van der Waals surface area contributed by atoms with E-state index in [2.05, 4.69) is 5.32 Å². The molecule has 2 amide bonds. The molecule has 1 N–H and O–H groups in total. The summed E-state index contributed by atoms with van der Waals surface area (Å²) in [5.41, 5.74) is -0.752. The zero-order valence-corrected chi connectivity index (χ0v) is 13.5. The van der Waals surface area contributed by atoms with Gasteiger partial charge < -0.3 is 15.0 Å². The van der Waals surface area contributed by atoms with Gasteiger partial charge in [-0.25, -0.2) is 0 Å². The van der Waals surface area contributed by atoms with Crippen molar-refractivity contribution in [3.05, 3.63) is 0 Å². The lowest BCUT2D eigenvalue weighted by atomic mass is 9.90. The summed E-state index contributed by atoms with van der Waals surface area (Å²) in [5.74, 6) is 0.0502. The molecule has 0 saturated carbocycles. The average Bonchev–Trinajstić information content (AvgIpc) is 2.97. The highest BCUT2D eigenvalue weighted by molar-refractivity contribution is 5.99. The normalized spacial score (nSPS) is 33.4. The molecule has 120 valence electrons. The predicted octanol–water partition coefficient (Wildman–Crippen LogP) is 1.85. The number of carbonyl (C=O) groups excluding carboxylic acids is 2. The lowest BCUT2D eigenvalue weighted by Gasteiger charge is -2.44. The summed E-state index contributed by atoms with van der Waals surface area (Å²) in [6.45, 7) is 7.26. The third-order valence-corrected chi connectivity index (χ3v) is 4.80. The smallest absolute Gasteiger partial charge is 0.248 e. The second-order valence-electron chi connectivity index (χ2n) is 6.40. The van der Waals surface area contributed by atoms with E-state index in [-0.39, 0.29) is 24.0 Å². The van der Waals surface area contributed by atoms with Gasteiger partial charge in [-0.2, -0.15) is 0 Å². The largest absolute Gasteiger partial charge is 0.378 e. The van der Waals surface area contributed by atoms with Gasteiger partial charge in [0.2, 0.25) is 11.8 Å². The molecule has 5 heteroatoms. The fourth-order valence-corrected chi connectivity index (χ4v) is 3.22. The van der Waals surface area contributed by atoms with Crippen LogP contribution >= 0.6 is 0 Å². The van der Waals surface area contributed by atoms with Crippen LogP contribution in [0.4, 0.5) is 0 Å². The topological polar surface area (TPSA) is 58.6 Å². The van der Waals surface area contributed by atoms with E-state index in [0.29, 0.717) is 13.0 Å². The Kier molecular flexibility index (Phi) is 5.25. The van der Waals surface area contributed by atoms with Crippen LogP contribution in [-0.2, 0) is 14.3 Å². The Morgan fingerprint density at radius 1 is 1.33 bits per heavy atom. The minimum atomic E-state index is -0.752. The van der Waals surface area contributed by atoms with Gasteiger partial charge in [0, 0.05) is 13.2 Å². The molecule has 3 unspecified atom stereocenters. The Hall–Kier alpha value is -1.10. The second kappa shape index (κ2) is 6.77. The first-order valence-corrected chi connectivity index (χ1v) is 8.26. The summed E-state index contributed by atoms with van der Waals surface area (Å²) in [6, 6.07) is -0.316. The predicted molar refractivity (Wildman–Crippen MR) is 80.8 cm³/mol. The van der Waals surface area contributed by atoms with Crippen molar-refractivity contribution in [3.63, 3.8) is 0 Å². The van der Waals surface area contributed by atoms with Crippen LogP contribution in [0.25, 0.3) is 0 Å². The summed E-state index contributed by atoms with van der Waals surface area (Å²) < 4.78 is 5.64. The monoisotopic (exact) mass is 296 g/mol. The van der Waals surface area contributed by atoms with Crippen LogP contribution in [0, 0.1) is 0 Å². The van der Waals surface area contributed by atoms with Crippen molar-refractivity contribution in [1.29, 1.82) is 0 Å². The van der Waals surface area contributed by atoms with Gasteiger partial charge in [-0.05, 0) is 39.0 Å². The number of nitrogens with zero attached hydrogens (tertiary/aromatic N) is 1. The highest BCUT2D eigenvalue weighted by atomic mass is 16.5. The third-order valence-electron chi connectivity index (χ3n) is 4.80. The van der Waals surface area contributed by atoms with Gasteiger partial charge in [0.1, 0.15) is 11.6 Å². The number of amides is 2. The fourth-order valence-electron chi connectivity index (χ4n) is 3.22. The van der Waals surface area contributed by atoms with E-state index in [1.807, 2.05) is 20.8 Å². The van der Waals surface area contributed by atoms with Crippen LogP contribution in [0.15, 0.2) is 0 Å². The van der Waals surface area contributed by atoms with Crippen molar-refractivity contribution in [1.82, 2.24) is 10.2 Å². The van der Waals surface area contributed by atoms with Crippen molar-refractivity contribution < 1.29 is 14.3 Å². The summed E-state index contributed by atoms with van der Waals surface area (Å²) in [4.78, 5) is 27.0. The van der Waals surface area contributed by atoms with Crippen LogP contribution in [0.1, 0.15) is 59.3 Å². The van der Waals surface area contributed by atoms with Crippen LogP contribution in [0.3, 0.4) is 0 Å². The van der Waals surface area contributed by atoms with Crippen molar-refractivity contribution in [2.45, 2.75) is 77.0 Å². The number of piperazine rings is 1. The van der Waals surface area contributed by atoms with E-state index in [1.54, 1.807) is 4.90 Å². The molecule has 0 bridgehead atoms. The van der Waals surface area contributed by atoms with Crippen molar-refractivity contribution >= 4 is 11.8 Å². The molecular formula is C16H28N2O3.